The molecule has 1 aromatic carbocycles. The number of carbonyl (C=O) groups excluding carboxylic acids is 1. The molecule has 0 aliphatic carbocycles. The van der Waals surface area contributed by atoms with E-state index in [-0.39, 0.29) is 5.97 Å². The van der Waals surface area contributed by atoms with Crippen molar-refractivity contribution in [2.75, 3.05) is 6.61 Å². The average molecular weight is 259 g/mol. The molecule has 0 heterocycles. The van der Waals surface area contributed by atoms with E-state index in [0.717, 1.165) is 5.56 Å². The van der Waals surface area contributed by atoms with E-state index in [0.29, 0.717) is 22.2 Å². The minimum atomic E-state index is -0.335. The minimum Gasteiger partial charge on any atom is -0.463 e. The molecule has 0 atom stereocenters. The summed E-state index contributed by atoms with van der Waals surface area (Å²) in [7, 11) is 0. The molecular formula is C12H12Cl2O2. The van der Waals surface area contributed by atoms with Crippen molar-refractivity contribution in [3.63, 3.8) is 0 Å². The monoisotopic (exact) mass is 258 g/mol. The first kappa shape index (κ1) is 13.1. The topological polar surface area (TPSA) is 26.3 Å². The molecule has 1 rings (SSSR count). The van der Waals surface area contributed by atoms with E-state index in [4.69, 9.17) is 27.9 Å². The Morgan fingerprint density at radius 2 is 1.88 bits per heavy atom. The molecule has 0 spiro atoms. The molecule has 0 aliphatic rings. The molecule has 0 aliphatic heterocycles. The van der Waals surface area contributed by atoms with Crippen LogP contribution in [0.3, 0.4) is 0 Å². The van der Waals surface area contributed by atoms with Gasteiger partial charge in [-0.2, -0.15) is 0 Å². The van der Waals surface area contributed by atoms with Crippen molar-refractivity contribution in [1.82, 2.24) is 0 Å². The lowest BCUT2D eigenvalue weighted by molar-refractivity contribution is -0.138. The van der Waals surface area contributed by atoms with Crippen LogP contribution in [0.4, 0.5) is 0 Å². The van der Waals surface area contributed by atoms with Crippen molar-refractivity contribution in [1.29, 1.82) is 0 Å². The molecule has 0 N–H and O–H groups in total. The second-order valence-corrected chi connectivity index (χ2v) is 4.12. The van der Waals surface area contributed by atoms with Gasteiger partial charge in [-0.05, 0) is 43.7 Å². The van der Waals surface area contributed by atoms with E-state index in [9.17, 15) is 4.79 Å². The third kappa shape index (κ3) is 3.87. The van der Waals surface area contributed by atoms with Crippen LogP contribution in [0.5, 0.6) is 0 Å². The SMILES string of the molecule is CCOC(=O)/C(C)=C/c1cc(Cl)cc(Cl)c1. The van der Waals surface area contributed by atoms with E-state index in [1.807, 2.05) is 0 Å². The fraction of sp³-hybridized carbons (Fsp3) is 0.250. The Morgan fingerprint density at radius 1 is 1.31 bits per heavy atom. The first-order valence-electron chi connectivity index (χ1n) is 4.84. The van der Waals surface area contributed by atoms with E-state index in [1.54, 1.807) is 38.1 Å². The maximum Gasteiger partial charge on any atom is 0.333 e. The normalized spacial score (nSPS) is 11.4. The second kappa shape index (κ2) is 5.92. The number of hydrogen-bond donors (Lipinski definition) is 0. The quantitative estimate of drug-likeness (QED) is 0.606. The summed E-state index contributed by atoms with van der Waals surface area (Å²) in [6, 6.07) is 5.10. The van der Waals surface area contributed by atoms with Gasteiger partial charge in [0, 0.05) is 15.6 Å². The van der Waals surface area contributed by atoms with Gasteiger partial charge in [0.05, 0.1) is 6.61 Å². The Morgan fingerprint density at radius 3 is 2.38 bits per heavy atom. The molecule has 2 nitrogen and oxygen atoms in total. The first-order chi connectivity index (χ1) is 7.52. The molecule has 1 aromatic rings. The molecule has 0 bridgehead atoms. The van der Waals surface area contributed by atoms with Crippen LogP contribution in [-0.2, 0) is 9.53 Å². The maximum atomic E-state index is 11.4. The summed E-state index contributed by atoms with van der Waals surface area (Å²) in [6.07, 6.45) is 1.69. The van der Waals surface area contributed by atoms with Crippen molar-refractivity contribution in [3.8, 4) is 0 Å². The average Bonchev–Trinajstić information content (AvgIpc) is 2.16. The lowest BCUT2D eigenvalue weighted by atomic mass is 10.1. The van der Waals surface area contributed by atoms with Gasteiger partial charge in [0.2, 0.25) is 0 Å². The van der Waals surface area contributed by atoms with E-state index in [1.165, 1.54) is 0 Å². The predicted octanol–water partition coefficient (Wildman–Crippen LogP) is 3.96. The van der Waals surface area contributed by atoms with Crippen LogP contribution in [0.2, 0.25) is 10.0 Å². The van der Waals surface area contributed by atoms with Gasteiger partial charge in [-0.25, -0.2) is 4.79 Å². The number of benzene rings is 1. The highest BCUT2D eigenvalue weighted by Gasteiger charge is 2.05. The highest BCUT2D eigenvalue weighted by atomic mass is 35.5. The molecule has 0 fully saturated rings. The van der Waals surface area contributed by atoms with Crippen LogP contribution in [0.25, 0.3) is 6.08 Å². The molecule has 16 heavy (non-hydrogen) atoms. The molecule has 0 saturated heterocycles. The molecule has 0 saturated carbocycles. The number of ether oxygens (including phenoxy) is 1. The third-order valence-electron chi connectivity index (χ3n) is 1.87. The van der Waals surface area contributed by atoms with Crippen molar-refractivity contribution in [2.24, 2.45) is 0 Å². The zero-order valence-electron chi connectivity index (χ0n) is 9.09. The first-order valence-corrected chi connectivity index (χ1v) is 5.60. The van der Waals surface area contributed by atoms with E-state index < -0.39 is 0 Å². The standard InChI is InChI=1S/C12H12Cl2O2/c1-3-16-12(15)8(2)4-9-5-10(13)7-11(14)6-9/h4-7H,3H2,1-2H3/b8-4+. The lowest BCUT2D eigenvalue weighted by Gasteiger charge is -2.02. The Hall–Kier alpha value is -0.990. The van der Waals surface area contributed by atoms with Crippen LogP contribution in [0.1, 0.15) is 19.4 Å². The van der Waals surface area contributed by atoms with Gasteiger partial charge in [-0.3, -0.25) is 0 Å². The second-order valence-electron chi connectivity index (χ2n) is 3.25. The van der Waals surface area contributed by atoms with Gasteiger partial charge in [-0.1, -0.05) is 23.2 Å². The molecular weight excluding hydrogens is 247 g/mol. The highest BCUT2D eigenvalue weighted by molar-refractivity contribution is 6.34. The van der Waals surface area contributed by atoms with Gasteiger partial charge in [-0.15, -0.1) is 0 Å². The van der Waals surface area contributed by atoms with Crippen LogP contribution >= 0.6 is 23.2 Å². The van der Waals surface area contributed by atoms with Crippen LogP contribution < -0.4 is 0 Å². The maximum absolute atomic E-state index is 11.4. The summed E-state index contributed by atoms with van der Waals surface area (Å²) < 4.78 is 4.86. The van der Waals surface area contributed by atoms with Gasteiger partial charge in [0.1, 0.15) is 0 Å². The van der Waals surface area contributed by atoms with E-state index >= 15 is 0 Å². The minimum absolute atomic E-state index is 0.335. The number of hydrogen-bond acceptors (Lipinski definition) is 2. The molecule has 0 unspecified atom stereocenters. The number of rotatable bonds is 3. The summed E-state index contributed by atoms with van der Waals surface area (Å²) >= 11 is 11.7. The number of esters is 1. The molecule has 0 radical (unpaired) electrons. The van der Waals surface area contributed by atoms with Gasteiger partial charge >= 0.3 is 5.97 Å². The largest absolute Gasteiger partial charge is 0.463 e. The Balaban J connectivity index is 2.93. The summed E-state index contributed by atoms with van der Waals surface area (Å²) in [6.45, 7) is 3.81. The van der Waals surface area contributed by atoms with Crippen LogP contribution in [0, 0.1) is 0 Å². The smallest absolute Gasteiger partial charge is 0.333 e. The van der Waals surface area contributed by atoms with Gasteiger partial charge in [0.25, 0.3) is 0 Å². The fourth-order valence-corrected chi connectivity index (χ4v) is 1.76. The summed E-state index contributed by atoms with van der Waals surface area (Å²) in [5.41, 5.74) is 1.29. The lowest BCUT2D eigenvalue weighted by Crippen LogP contribution is -2.04. The zero-order valence-corrected chi connectivity index (χ0v) is 10.6. The summed E-state index contributed by atoms with van der Waals surface area (Å²) in [5, 5.41) is 1.07. The van der Waals surface area contributed by atoms with Crippen molar-refractivity contribution >= 4 is 35.2 Å². The van der Waals surface area contributed by atoms with Gasteiger partial charge < -0.3 is 4.74 Å². The highest BCUT2D eigenvalue weighted by Crippen LogP contribution is 2.20. The van der Waals surface area contributed by atoms with Crippen molar-refractivity contribution < 1.29 is 9.53 Å². The van der Waals surface area contributed by atoms with E-state index in [2.05, 4.69) is 0 Å². The molecule has 0 amide bonds. The zero-order chi connectivity index (χ0) is 12.1. The number of halogens is 2. The summed E-state index contributed by atoms with van der Waals surface area (Å²) in [5.74, 6) is -0.335. The van der Waals surface area contributed by atoms with Crippen LogP contribution in [0.15, 0.2) is 23.8 Å². The molecule has 4 heteroatoms. The van der Waals surface area contributed by atoms with Gasteiger partial charge in [0.15, 0.2) is 0 Å². The van der Waals surface area contributed by atoms with Crippen molar-refractivity contribution in [3.05, 3.63) is 39.4 Å². The Bertz CT molecular complexity index is 405. The Kier molecular flexibility index (Phi) is 4.84. The predicted molar refractivity (Wildman–Crippen MR) is 66.7 cm³/mol. The summed E-state index contributed by atoms with van der Waals surface area (Å²) in [4.78, 5) is 11.4. The molecule has 0 aromatic heterocycles. The van der Waals surface area contributed by atoms with Crippen molar-refractivity contribution in [2.45, 2.75) is 13.8 Å². The number of carbonyl (C=O) groups is 1. The van der Waals surface area contributed by atoms with Crippen LogP contribution in [-0.4, -0.2) is 12.6 Å². The third-order valence-corrected chi connectivity index (χ3v) is 2.30. The molecule has 86 valence electrons. The Labute approximate surface area is 105 Å². The fourth-order valence-electron chi connectivity index (χ4n) is 1.21.